The Hall–Kier alpha value is -2.22. The zero-order valence-electron chi connectivity index (χ0n) is 15.8. The van der Waals surface area contributed by atoms with Crippen LogP contribution >= 0.6 is 35.0 Å². The maximum absolute atomic E-state index is 12.9. The Labute approximate surface area is 183 Å². The minimum Gasteiger partial charge on any atom is -0.494 e. The van der Waals surface area contributed by atoms with Crippen molar-refractivity contribution >= 4 is 63.3 Å². The van der Waals surface area contributed by atoms with Crippen LogP contribution in [0, 0.1) is 0 Å². The van der Waals surface area contributed by atoms with Gasteiger partial charge in [0.2, 0.25) is 11.8 Å². The number of nitrogens with zero attached hydrogens (tertiary/aromatic N) is 2. The SMILES string of the molecule is CCOc1cccc(N2C(=O)CC(SC(=NC)Nc3cc(Cl)cc(Cl)c3)C2=O)c1. The summed E-state index contributed by atoms with van der Waals surface area (Å²) in [6.45, 7) is 2.37. The molecule has 1 saturated heterocycles. The van der Waals surface area contributed by atoms with E-state index in [0.717, 1.165) is 0 Å². The number of imide groups is 1. The summed E-state index contributed by atoms with van der Waals surface area (Å²) in [5.74, 6) is 0.0557. The number of thioether (sulfide) groups is 1. The highest BCUT2D eigenvalue weighted by Gasteiger charge is 2.41. The van der Waals surface area contributed by atoms with Gasteiger partial charge in [-0.2, -0.15) is 0 Å². The Bertz CT molecular complexity index is 947. The largest absolute Gasteiger partial charge is 0.494 e. The van der Waals surface area contributed by atoms with Gasteiger partial charge in [-0.05, 0) is 37.3 Å². The predicted octanol–water partition coefficient (Wildman–Crippen LogP) is 4.86. The minimum atomic E-state index is -0.584. The number of amidine groups is 1. The van der Waals surface area contributed by atoms with Gasteiger partial charge in [-0.1, -0.05) is 41.0 Å². The molecule has 2 aromatic carbocycles. The van der Waals surface area contributed by atoms with Crippen LogP contribution in [-0.2, 0) is 9.59 Å². The fourth-order valence-corrected chi connectivity index (χ4v) is 4.38. The number of amides is 2. The molecule has 1 heterocycles. The van der Waals surface area contributed by atoms with Gasteiger partial charge in [0.25, 0.3) is 0 Å². The average Bonchev–Trinajstić information content (AvgIpc) is 2.94. The molecule has 0 aromatic heterocycles. The molecule has 3 rings (SSSR count). The van der Waals surface area contributed by atoms with Crippen molar-refractivity contribution < 1.29 is 14.3 Å². The first-order valence-corrected chi connectivity index (χ1v) is 10.5. The summed E-state index contributed by atoms with van der Waals surface area (Å²) in [4.78, 5) is 30.8. The van der Waals surface area contributed by atoms with E-state index in [9.17, 15) is 9.59 Å². The highest BCUT2D eigenvalue weighted by atomic mass is 35.5. The summed E-state index contributed by atoms with van der Waals surface area (Å²) >= 11 is 13.2. The molecule has 0 saturated carbocycles. The Morgan fingerprint density at radius 3 is 2.62 bits per heavy atom. The van der Waals surface area contributed by atoms with Crippen LogP contribution in [0.5, 0.6) is 5.75 Å². The Morgan fingerprint density at radius 1 is 1.24 bits per heavy atom. The van der Waals surface area contributed by atoms with Gasteiger partial charge in [0, 0.05) is 35.3 Å². The maximum Gasteiger partial charge on any atom is 0.247 e. The predicted molar refractivity (Wildman–Crippen MR) is 120 cm³/mol. The third-order valence-corrected chi connectivity index (χ3v) is 5.66. The molecule has 0 spiro atoms. The van der Waals surface area contributed by atoms with Crippen molar-refractivity contribution in [1.82, 2.24) is 0 Å². The van der Waals surface area contributed by atoms with Gasteiger partial charge in [0.15, 0.2) is 5.17 Å². The Morgan fingerprint density at radius 2 is 1.97 bits per heavy atom. The number of nitrogens with one attached hydrogen (secondary N) is 1. The first-order valence-electron chi connectivity index (χ1n) is 8.87. The van der Waals surface area contributed by atoms with Crippen molar-refractivity contribution in [2.24, 2.45) is 4.99 Å². The molecule has 6 nitrogen and oxygen atoms in total. The molecule has 1 atom stereocenters. The molecule has 1 aliphatic rings. The topological polar surface area (TPSA) is 71.0 Å². The van der Waals surface area contributed by atoms with Crippen molar-refractivity contribution in [2.75, 3.05) is 23.9 Å². The van der Waals surface area contributed by atoms with E-state index in [-0.39, 0.29) is 18.2 Å². The van der Waals surface area contributed by atoms with E-state index in [1.165, 1.54) is 16.7 Å². The number of carbonyl (C=O) groups excluding carboxylic acids is 2. The highest BCUT2D eigenvalue weighted by molar-refractivity contribution is 8.15. The molecule has 2 aromatic rings. The number of aliphatic imine (C=N–C) groups is 1. The van der Waals surface area contributed by atoms with Crippen LogP contribution in [0.3, 0.4) is 0 Å². The van der Waals surface area contributed by atoms with Crippen molar-refractivity contribution in [3.05, 3.63) is 52.5 Å². The molecule has 2 amide bonds. The highest BCUT2D eigenvalue weighted by Crippen LogP contribution is 2.32. The van der Waals surface area contributed by atoms with Gasteiger partial charge in [-0.25, -0.2) is 4.90 Å². The fraction of sp³-hybridized carbons (Fsp3) is 0.250. The molecule has 1 fully saturated rings. The van der Waals surface area contributed by atoms with E-state index < -0.39 is 5.25 Å². The quantitative estimate of drug-likeness (QED) is 0.399. The molecule has 1 N–H and O–H groups in total. The average molecular weight is 452 g/mol. The number of carbonyl (C=O) groups is 2. The Kier molecular flexibility index (Phi) is 7.05. The van der Waals surface area contributed by atoms with E-state index in [1.54, 1.807) is 49.5 Å². The van der Waals surface area contributed by atoms with Crippen LogP contribution < -0.4 is 15.0 Å². The van der Waals surface area contributed by atoms with Crippen LogP contribution in [0.1, 0.15) is 13.3 Å². The van der Waals surface area contributed by atoms with Crippen LogP contribution in [0.15, 0.2) is 47.5 Å². The smallest absolute Gasteiger partial charge is 0.247 e. The van der Waals surface area contributed by atoms with Gasteiger partial charge in [0.1, 0.15) is 11.0 Å². The van der Waals surface area contributed by atoms with Gasteiger partial charge in [-0.15, -0.1) is 0 Å². The van der Waals surface area contributed by atoms with E-state index in [0.29, 0.717) is 38.9 Å². The van der Waals surface area contributed by atoms with Crippen LogP contribution in [0.2, 0.25) is 10.0 Å². The summed E-state index contributed by atoms with van der Waals surface area (Å²) in [5, 5.41) is 3.96. The normalized spacial score (nSPS) is 17.0. The van der Waals surface area contributed by atoms with Gasteiger partial charge in [0.05, 0.1) is 12.3 Å². The number of rotatable bonds is 5. The van der Waals surface area contributed by atoms with Crippen molar-refractivity contribution in [3.8, 4) is 5.75 Å². The second-order valence-corrected chi connectivity index (χ2v) is 8.18. The standard InChI is InChI=1S/C20H19Cl2N3O3S/c1-3-28-16-6-4-5-15(10-16)25-18(26)11-17(19(25)27)29-20(23-2)24-14-8-12(21)7-13(22)9-14/h4-10,17H,3,11H2,1-2H3,(H,23,24). The van der Waals surface area contributed by atoms with Crippen molar-refractivity contribution in [3.63, 3.8) is 0 Å². The summed E-state index contributed by atoms with van der Waals surface area (Å²) in [6.07, 6.45) is 0.0827. The van der Waals surface area contributed by atoms with E-state index >= 15 is 0 Å². The summed E-state index contributed by atoms with van der Waals surface area (Å²) in [6, 6.07) is 12.0. The first-order chi connectivity index (χ1) is 13.9. The van der Waals surface area contributed by atoms with Crippen LogP contribution in [0.4, 0.5) is 11.4 Å². The third kappa shape index (κ3) is 5.23. The number of anilines is 2. The zero-order valence-corrected chi connectivity index (χ0v) is 18.1. The first kappa shape index (κ1) is 21.5. The lowest BCUT2D eigenvalue weighted by atomic mass is 10.3. The summed E-state index contributed by atoms with van der Waals surface area (Å²) < 4.78 is 5.47. The number of ether oxygens (including phenoxy) is 1. The molecule has 1 aliphatic heterocycles. The lowest BCUT2D eigenvalue weighted by Gasteiger charge is -2.16. The molecule has 1 unspecified atom stereocenters. The van der Waals surface area contributed by atoms with Gasteiger partial charge >= 0.3 is 0 Å². The van der Waals surface area contributed by atoms with Gasteiger partial charge in [-0.3, -0.25) is 14.6 Å². The molecular weight excluding hydrogens is 433 g/mol. The molecule has 9 heteroatoms. The number of hydrogen-bond acceptors (Lipinski definition) is 5. The van der Waals surface area contributed by atoms with Crippen molar-refractivity contribution in [1.29, 1.82) is 0 Å². The van der Waals surface area contributed by atoms with E-state index in [4.69, 9.17) is 27.9 Å². The van der Waals surface area contributed by atoms with Gasteiger partial charge < -0.3 is 10.1 Å². The molecule has 0 aliphatic carbocycles. The third-order valence-electron chi connectivity index (χ3n) is 4.06. The van der Waals surface area contributed by atoms with E-state index in [2.05, 4.69) is 10.3 Å². The summed E-state index contributed by atoms with van der Waals surface area (Å²) in [7, 11) is 1.60. The van der Waals surface area contributed by atoms with Crippen LogP contribution in [0.25, 0.3) is 0 Å². The Balaban J connectivity index is 1.74. The molecule has 152 valence electrons. The monoisotopic (exact) mass is 451 g/mol. The van der Waals surface area contributed by atoms with E-state index in [1.807, 2.05) is 6.92 Å². The maximum atomic E-state index is 12.9. The lowest BCUT2D eigenvalue weighted by molar-refractivity contribution is -0.121. The number of halogens is 2. The number of benzene rings is 2. The molecular formula is C20H19Cl2N3O3S. The minimum absolute atomic E-state index is 0.0827. The zero-order chi connectivity index (χ0) is 21.0. The van der Waals surface area contributed by atoms with Crippen LogP contribution in [-0.4, -0.2) is 35.9 Å². The second-order valence-electron chi connectivity index (χ2n) is 6.12. The number of hydrogen-bond donors (Lipinski definition) is 1. The lowest BCUT2D eigenvalue weighted by Crippen LogP contribution is -2.31. The fourth-order valence-electron chi connectivity index (χ4n) is 2.87. The van der Waals surface area contributed by atoms with Crippen molar-refractivity contribution in [2.45, 2.75) is 18.6 Å². The molecule has 0 bridgehead atoms. The summed E-state index contributed by atoms with van der Waals surface area (Å²) in [5.41, 5.74) is 1.15. The second kappa shape index (κ2) is 9.52. The molecule has 29 heavy (non-hydrogen) atoms. The molecule has 0 radical (unpaired) electrons.